The zero-order valence-corrected chi connectivity index (χ0v) is 12.4. The molecule has 3 atom stereocenters. The summed E-state index contributed by atoms with van der Waals surface area (Å²) < 4.78 is 10.5. The number of carbonyl (C=O) groups is 1. The second kappa shape index (κ2) is 7.96. The van der Waals surface area contributed by atoms with Crippen LogP contribution in [0.25, 0.3) is 0 Å². The fraction of sp³-hybridized carbons (Fsp3) is 0.933. The average molecular weight is 285 g/mol. The van der Waals surface area contributed by atoms with Crippen LogP contribution < -0.4 is 0 Å². The number of aliphatic carboxylic acids is 1. The number of hydrogen-bond acceptors (Lipinski definition) is 4. The highest BCUT2D eigenvalue weighted by Gasteiger charge is 2.40. The molecule has 0 aromatic rings. The number of ether oxygens (including phenoxy) is 2. The number of piperidine rings is 1. The molecule has 0 bridgehead atoms. The van der Waals surface area contributed by atoms with Crippen LogP contribution in [0.3, 0.4) is 0 Å². The smallest absolute Gasteiger partial charge is 0.320 e. The Hall–Kier alpha value is -0.650. The molecule has 1 saturated carbocycles. The SMILES string of the molecule is COCCOCCN1C(C(=O)O)CCC2CCCCC21. The van der Waals surface area contributed by atoms with Crippen molar-refractivity contribution < 1.29 is 19.4 Å². The van der Waals surface area contributed by atoms with E-state index >= 15 is 0 Å². The Kier molecular flexibility index (Phi) is 6.26. The lowest BCUT2D eigenvalue weighted by Crippen LogP contribution is -2.55. The summed E-state index contributed by atoms with van der Waals surface area (Å²) in [5.41, 5.74) is 0. The molecule has 2 fully saturated rings. The van der Waals surface area contributed by atoms with E-state index in [2.05, 4.69) is 4.90 Å². The number of carboxylic acids is 1. The molecule has 1 N–H and O–H groups in total. The van der Waals surface area contributed by atoms with E-state index in [4.69, 9.17) is 9.47 Å². The van der Waals surface area contributed by atoms with Crippen molar-refractivity contribution in [2.45, 2.75) is 50.6 Å². The summed E-state index contributed by atoms with van der Waals surface area (Å²) in [4.78, 5) is 13.7. The van der Waals surface area contributed by atoms with Crippen molar-refractivity contribution in [3.05, 3.63) is 0 Å². The highest BCUT2D eigenvalue weighted by molar-refractivity contribution is 5.73. The molecule has 0 amide bonds. The quantitative estimate of drug-likeness (QED) is 0.722. The van der Waals surface area contributed by atoms with Crippen LogP contribution in [0.5, 0.6) is 0 Å². The van der Waals surface area contributed by atoms with Gasteiger partial charge in [-0.25, -0.2) is 0 Å². The van der Waals surface area contributed by atoms with Gasteiger partial charge < -0.3 is 14.6 Å². The molecule has 1 aliphatic heterocycles. The molecule has 1 aliphatic carbocycles. The predicted octanol–water partition coefficient (Wildman–Crippen LogP) is 1.76. The Labute approximate surface area is 121 Å². The Morgan fingerprint density at radius 3 is 2.70 bits per heavy atom. The topological polar surface area (TPSA) is 59.0 Å². The average Bonchev–Trinajstić information content (AvgIpc) is 2.46. The molecule has 2 aliphatic rings. The fourth-order valence-electron chi connectivity index (χ4n) is 3.73. The Morgan fingerprint density at radius 2 is 1.95 bits per heavy atom. The number of hydrogen-bond donors (Lipinski definition) is 1. The maximum absolute atomic E-state index is 11.5. The number of carboxylic acid groups (broad SMARTS) is 1. The molecule has 0 spiro atoms. The molecule has 2 rings (SSSR count). The molecular formula is C15H27NO4. The van der Waals surface area contributed by atoms with E-state index in [0.29, 0.717) is 31.8 Å². The first-order valence-electron chi connectivity index (χ1n) is 7.79. The highest BCUT2D eigenvalue weighted by Crippen LogP contribution is 2.37. The molecule has 0 aromatic carbocycles. The summed E-state index contributed by atoms with van der Waals surface area (Å²) in [6.07, 6.45) is 6.80. The van der Waals surface area contributed by atoms with Gasteiger partial charge in [0, 0.05) is 19.7 Å². The summed E-state index contributed by atoms with van der Waals surface area (Å²) in [5, 5.41) is 9.44. The first-order chi connectivity index (χ1) is 9.74. The number of methoxy groups -OCH3 is 1. The number of rotatable bonds is 7. The third-order valence-corrected chi connectivity index (χ3v) is 4.72. The summed E-state index contributed by atoms with van der Waals surface area (Å²) in [7, 11) is 1.65. The second-order valence-corrected chi connectivity index (χ2v) is 5.89. The van der Waals surface area contributed by atoms with Crippen LogP contribution in [0.1, 0.15) is 38.5 Å². The summed E-state index contributed by atoms with van der Waals surface area (Å²) in [6, 6.07) is 0.130. The third-order valence-electron chi connectivity index (χ3n) is 4.72. The van der Waals surface area contributed by atoms with Gasteiger partial charge in [-0.05, 0) is 31.6 Å². The molecule has 5 heteroatoms. The highest BCUT2D eigenvalue weighted by atomic mass is 16.5. The standard InChI is InChI=1S/C15H27NO4/c1-19-10-11-20-9-8-16-13-5-3-2-4-12(13)6-7-14(16)15(17)18/h12-14H,2-11H2,1H3,(H,17,18). The van der Waals surface area contributed by atoms with E-state index in [1.165, 1.54) is 19.3 Å². The second-order valence-electron chi connectivity index (χ2n) is 5.89. The lowest BCUT2D eigenvalue weighted by molar-refractivity contribution is -0.148. The predicted molar refractivity (Wildman–Crippen MR) is 75.8 cm³/mol. The van der Waals surface area contributed by atoms with Gasteiger partial charge in [-0.2, -0.15) is 0 Å². The minimum Gasteiger partial charge on any atom is -0.480 e. The number of likely N-dealkylation sites (tertiary alicyclic amines) is 1. The van der Waals surface area contributed by atoms with Gasteiger partial charge in [0.25, 0.3) is 0 Å². The zero-order valence-electron chi connectivity index (χ0n) is 12.4. The molecule has 20 heavy (non-hydrogen) atoms. The van der Waals surface area contributed by atoms with Crippen molar-refractivity contribution in [2.75, 3.05) is 33.5 Å². The van der Waals surface area contributed by atoms with E-state index in [1.807, 2.05) is 0 Å². The summed E-state index contributed by atoms with van der Waals surface area (Å²) >= 11 is 0. The minimum atomic E-state index is -0.675. The van der Waals surface area contributed by atoms with Crippen LogP contribution >= 0.6 is 0 Å². The van der Waals surface area contributed by atoms with E-state index in [1.54, 1.807) is 7.11 Å². The van der Waals surface area contributed by atoms with Crippen LogP contribution in [0.15, 0.2) is 0 Å². The van der Waals surface area contributed by atoms with Gasteiger partial charge in [-0.3, -0.25) is 9.69 Å². The van der Waals surface area contributed by atoms with E-state index in [9.17, 15) is 9.90 Å². The van der Waals surface area contributed by atoms with Crippen LogP contribution in [0, 0.1) is 5.92 Å². The van der Waals surface area contributed by atoms with Gasteiger partial charge in [-0.15, -0.1) is 0 Å². The normalized spacial score (nSPS) is 30.9. The Bertz CT molecular complexity index is 310. The maximum atomic E-state index is 11.5. The molecule has 0 radical (unpaired) electrons. The van der Waals surface area contributed by atoms with Crippen molar-refractivity contribution in [1.82, 2.24) is 4.90 Å². The van der Waals surface area contributed by atoms with Crippen LogP contribution in [-0.4, -0.2) is 61.5 Å². The van der Waals surface area contributed by atoms with Gasteiger partial charge in [0.1, 0.15) is 6.04 Å². The zero-order chi connectivity index (χ0) is 14.4. The van der Waals surface area contributed by atoms with Crippen LogP contribution in [-0.2, 0) is 14.3 Å². The lowest BCUT2D eigenvalue weighted by atomic mass is 9.76. The molecule has 5 nitrogen and oxygen atoms in total. The molecule has 3 unspecified atom stereocenters. The van der Waals surface area contributed by atoms with Crippen molar-refractivity contribution in [3.63, 3.8) is 0 Å². The molecule has 1 saturated heterocycles. The van der Waals surface area contributed by atoms with Gasteiger partial charge in [-0.1, -0.05) is 12.8 Å². The van der Waals surface area contributed by atoms with Crippen molar-refractivity contribution in [2.24, 2.45) is 5.92 Å². The van der Waals surface area contributed by atoms with E-state index in [-0.39, 0.29) is 6.04 Å². The van der Waals surface area contributed by atoms with Gasteiger partial charge in [0.05, 0.1) is 19.8 Å². The van der Waals surface area contributed by atoms with Crippen LogP contribution in [0.2, 0.25) is 0 Å². The number of fused-ring (bicyclic) bond motifs is 1. The monoisotopic (exact) mass is 285 g/mol. The summed E-state index contributed by atoms with van der Waals surface area (Å²) in [6.45, 7) is 2.49. The van der Waals surface area contributed by atoms with Crippen molar-refractivity contribution >= 4 is 5.97 Å². The fourth-order valence-corrected chi connectivity index (χ4v) is 3.73. The largest absolute Gasteiger partial charge is 0.480 e. The Balaban J connectivity index is 1.89. The first kappa shape index (κ1) is 15.7. The summed E-state index contributed by atoms with van der Waals surface area (Å²) in [5.74, 6) is 0.0178. The van der Waals surface area contributed by atoms with Crippen molar-refractivity contribution in [1.29, 1.82) is 0 Å². The van der Waals surface area contributed by atoms with Gasteiger partial charge >= 0.3 is 5.97 Å². The van der Waals surface area contributed by atoms with Crippen LogP contribution in [0.4, 0.5) is 0 Å². The molecule has 1 heterocycles. The first-order valence-corrected chi connectivity index (χ1v) is 7.79. The molecular weight excluding hydrogens is 258 g/mol. The lowest BCUT2D eigenvalue weighted by Gasteiger charge is -2.47. The molecule has 116 valence electrons. The third kappa shape index (κ3) is 3.93. The molecule has 0 aromatic heterocycles. The van der Waals surface area contributed by atoms with Gasteiger partial charge in [0.15, 0.2) is 0 Å². The Morgan fingerprint density at radius 1 is 1.15 bits per heavy atom. The van der Waals surface area contributed by atoms with Crippen molar-refractivity contribution in [3.8, 4) is 0 Å². The minimum absolute atomic E-state index is 0.319. The maximum Gasteiger partial charge on any atom is 0.320 e. The number of nitrogens with zero attached hydrogens (tertiary/aromatic N) is 1. The van der Waals surface area contributed by atoms with E-state index in [0.717, 1.165) is 25.8 Å². The van der Waals surface area contributed by atoms with Gasteiger partial charge in [0.2, 0.25) is 0 Å². The van der Waals surface area contributed by atoms with E-state index < -0.39 is 5.97 Å².